The van der Waals surface area contributed by atoms with Crippen LogP contribution < -0.4 is 20.9 Å². The predicted octanol–water partition coefficient (Wildman–Crippen LogP) is 4.02. The molecule has 40 heavy (non-hydrogen) atoms. The molecule has 2 heterocycles. The number of anilines is 1. The summed E-state index contributed by atoms with van der Waals surface area (Å²) in [5.74, 6) is 0.172. The normalized spacial score (nSPS) is 14.0. The van der Waals surface area contributed by atoms with E-state index in [-0.39, 0.29) is 61.2 Å². The number of para-hydroxylation sites is 1. The summed E-state index contributed by atoms with van der Waals surface area (Å²) in [5.41, 5.74) is 1.75. The number of hydrogen-bond donors (Lipinski definition) is 3. The van der Waals surface area contributed by atoms with Crippen LogP contribution in [0.2, 0.25) is 5.02 Å². The molecule has 0 fully saturated rings. The molecule has 0 saturated carbocycles. The summed E-state index contributed by atoms with van der Waals surface area (Å²) in [4.78, 5) is 39.2. The van der Waals surface area contributed by atoms with Gasteiger partial charge in [0, 0.05) is 30.0 Å². The Morgan fingerprint density at radius 1 is 1.15 bits per heavy atom. The minimum atomic E-state index is -0.589. The van der Waals surface area contributed by atoms with E-state index >= 15 is 0 Å². The second-order valence-corrected chi connectivity index (χ2v) is 12.1. The van der Waals surface area contributed by atoms with Crippen LogP contribution in [0.3, 0.4) is 0 Å². The summed E-state index contributed by atoms with van der Waals surface area (Å²) in [6.45, 7) is 9.77. The molecule has 1 aliphatic heterocycles. The zero-order valence-corrected chi connectivity index (χ0v) is 24.4. The Bertz CT molecular complexity index is 1470. The predicted molar refractivity (Wildman–Crippen MR) is 155 cm³/mol. The number of aromatic nitrogens is 2. The fourth-order valence-electron chi connectivity index (χ4n) is 5.11. The van der Waals surface area contributed by atoms with Crippen molar-refractivity contribution in [2.45, 2.75) is 66.0 Å². The number of carbonyl (C=O) groups is 2. The minimum absolute atomic E-state index is 0.0759. The van der Waals surface area contributed by atoms with Crippen molar-refractivity contribution in [1.82, 2.24) is 14.7 Å². The molecule has 2 aromatic carbocycles. The smallest absolute Gasteiger partial charge is 0.295 e. The van der Waals surface area contributed by atoms with Crippen LogP contribution >= 0.6 is 11.6 Å². The highest BCUT2D eigenvalue weighted by atomic mass is 35.5. The minimum Gasteiger partial charge on any atom is -0.487 e. The summed E-state index contributed by atoms with van der Waals surface area (Å²) in [6, 6.07) is 12.7. The number of nitrogens with zero attached hydrogens (tertiary/aromatic N) is 2. The van der Waals surface area contributed by atoms with Crippen LogP contribution in [0.15, 0.2) is 47.3 Å². The number of hydrogen-bond acceptors (Lipinski definition) is 5. The zero-order chi connectivity index (χ0) is 29.2. The third-order valence-electron chi connectivity index (χ3n) is 6.93. The second kappa shape index (κ2) is 11.5. The third kappa shape index (κ3) is 6.59. The number of carbonyl (C=O) groups excluding carboxylic acids is 2. The van der Waals surface area contributed by atoms with Gasteiger partial charge in [-0.3, -0.25) is 19.1 Å². The van der Waals surface area contributed by atoms with Crippen LogP contribution in [0.1, 0.15) is 50.9 Å². The first-order valence-corrected chi connectivity index (χ1v) is 13.7. The lowest BCUT2D eigenvalue weighted by Gasteiger charge is -2.24. The molecule has 10 heteroatoms. The number of amides is 2. The molecule has 0 atom stereocenters. The summed E-state index contributed by atoms with van der Waals surface area (Å²) in [5, 5.41) is 15.8. The van der Waals surface area contributed by atoms with Crippen LogP contribution in [0.4, 0.5) is 5.69 Å². The maximum atomic E-state index is 13.3. The lowest BCUT2D eigenvalue weighted by Crippen LogP contribution is -2.37. The standard InChI is InChI=1S/C30H37ClN4O5/c1-19-26(28(39)35(34(19)11-12-36)23-9-7-6-8-10-23)33-25(38)17-29(2,3)18-32-24(37)15-20-13-22(31)14-21-16-30(4,5)40-27(20)21/h6-10,13-14,36H,11-12,15-18H2,1-5H3,(H,32,37)(H,33,38). The molecule has 3 aromatic rings. The van der Waals surface area contributed by atoms with Gasteiger partial charge >= 0.3 is 0 Å². The highest BCUT2D eigenvalue weighted by molar-refractivity contribution is 6.30. The van der Waals surface area contributed by atoms with E-state index in [0.717, 1.165) is 17.5 Å². The molecular formula is C30H37ClN4O5. The van der Waals surface area contributed by atoms with Crippen molar-refractivity contribution in [3.63, 3.8) is 0 Å². The van der Waals surface area contributed by atoms with E-state index in [0.29, 0.717) is 22.2 Å². The maximum absolute atomic E-state index is 13.3. The van der Waals surface area contributed by atoms with E-state index in [1.165, 1.54) is 4.68 Å². The summed E-state index contributed by atoms with van der Waals surface area (Å²) < 4.78 is 9.17. The van der Waals surface area contributed by atoms with Crippen molar-refractivity contribution in [3.8, 4) is 11.4 Å². The number of rotatable bonds is 10. The first-order valence-electron chi connectivity index (χ1n) is 13.4. The van der Waals surface area contributed by atoms with Gasteiger partial charge in [-0.25, -0.2) is 4.68 Å². The number of benzene rings is 2. The van der Waals surface area contributed by atoms with Gasteiger partial charge in [0.15, 0.2) is 0 Å². The van der Waals surface area contributed by atoms with Gasteiger partial charge in [0.05, 0.1) is 31.0 Å². The lowest BCUT2D eigenvalue weighted by molar-refractivity contribution is -0.122. The molecule has 1 aliphatic rings. The van der Waals surface area contributed by atoms with Gasteiger partial charge in [0.25, 0.3) is 5.56 Å². The number of ether oxygens (including phenoxy) is 1. The van der Waals surface area contributed by atoms with Gasteiger partial charge in [-0.15, -0.1) is 0 Å². The Morgan fingerprint density at radius 3 is 2.52 bits per heavy atom. The molecular weight excluding hydrogens is 532 g/mol. The summed E-state index contributed by atoms with van der Waals surface area (Å²) >= 11 is 6.29. The van der Waals surface area contributed by atoms with Gasteiger partial charge < -0.3 is 20.5 Å². The molecule has 3 N–H and O–H groups in total. The van der Waals surface area contributed by atoms with Gasteiger partial charge in [-0.1, -0.05) is 43.6 Å². The molecule has 0 saturated heterocycles. The molecule has 0 spiro atoms. The molecule has 0 aliphatic carbocycles. The fourth-order valence-corrected chi connectivity index (χ4v) is 5.38. The van der Waals surface area contributed by atoms with Gasteiger partial charge in [0.2, 0.25) is 11.8 Å². The van der Waals surface area contributed by atoms with E-state index in [1.54, 1.807) is 29.8 Å². The van der Waals surface area contributed by atoms with Crippen LogP contribution in [0.25, 0.3) is 5.69 Å². The second-order valence-electron chi connectivity index (χ2n) is 11.7. The Kier molecular flexibility index (Phi) is 8.46. The molecule has 0 radical (unpaired) electrons. The first kappa shape index (κ1) is 29.4. The van der Waals surface area contributed by atoms with Crippen molar-refractivity contribution in [2.75, 3.05) is 18.5 Å². The Hall–Kier alpha value is -3.56. The van der Waals surface area contributed by atoms with E-state index < -0.39 is 5.41 Å². The SMILES string of the molecule is Cc1c(NC(=O)CC(C)(C)CNC(=O)Cc2cc(Cl)cc3c2OC(C)(C)C3)c(=O)n(-c2ccccc2)n1CCO. The molecule has 1 aromatic heterocycles. The Balaban J connectivity index is 1.41. The van der Waals surface area contributed by atoms with Crippen molar-refractivity contribution in [1.29, 1.82) is 0 Å². The van der Waals surface area contributed by atoms with Gasteiger partial charge in [-0.2, -0.15) is 0 Å². The molecule has 214 valence electrons. The number of nitrogens with one attached hydrogen (secondary N) is 2. The Morgan fingerprint density at radius 2 is 1.85 bits per heavy atom. The summed E-state index contributed by atoms with van der Waals surface area (Å²) in [6.07, 6.45) is 0.906. The molecule has 0 bridgehead atoms. The molecule has 9 nitrogen and oxygen atoms in total. The quantitative estimate of drug-likeness (QED) is 0.342. The van der Waals surface area contributed by atoms with Crippen molar-refractivity contribution in [2.24, 2.45) is 5.41 Å². The topological polar surface area (TPSA) is 115 Å². The van der Waals surface area contributed by atoms with Gasteiger partial charge in [-0.05, 0) is 56.0 Å². The number of aliphatic hydroxyl groups is 1. The monoisotopic (exact) mass is 568 g/mol. The van der Waals surface area contributed by atoms with Crippen LogP contribution in [-0.4, -0.2) is 45.0 Å². The van der Waals surface area contributed by atoms with Crippen LogP contribution in [0.5, 0.6) is 5.75 Å². The average Bonchev–Trinajstić information content (AvgIpc) is 3.30. The third-order valence-corrected chi connectivity index (χ3v) is 7.15. The highest BCUT2D eigenvalue weighted by Crippen LogP contribution is 2.39. The largest absolute Gasteiger partial charge is 0.487 e. The van der Waals surface area contributed by atoms with Crippen molar-refractivity contribution >= 4 is 29.1 Å². The van der Waals surface area contributed by atoms with E-state index in [2.05, 4.69) is 10.6 Å². The maximum Gasteiger partial charge on any atom is 0.295 e. The zero-order valence-electron chi connectivity index (χ0n) is 23.6. The number of fused-ring (bicyclic) bond motifs is 1. The van der Waals surface area contributed by atoms with Crippen molar-refractivity contribution in [3.05, 3.63) is 74.7 Å². The summed E-state index contributed by atoms with van der Waals surface area (Å²) in [7, 11) is 0. The van der Waals surface area contributed by atoms with Crippen LogP contribution in [-0.2, 0) is 29.0 Å². The fraction of sp³-hybridized carbons (Fsp3) is 0.433. The molecule has 0 unspecified atom stereocenters. The number of aliphatic hydroxyl groups excluding tert-OH is 1. The van der Waals surface area contributed by atoms with E-state index in [4.69, 9.17) is 16.3 Å². The highest BCUT2D eigenvalue weighted by Gasteiger charge is 2.33. The Labute approximate surface area is 239 Å². The number of halogens is 1. The van der Waals surface area contributed by atoms with Gasteiger partial charge in [0.1, 0.15) is 17.0 Å². The van der Waals surface area contributed by atoms with E-state index in [9.17, 15) is 19.5 Å². The van der Waals surface area contributed by atoms with Crippen LogP contribution in [0, 0.1) is 12.3 Å². The lowest BCUT2D eigenvalue weighted by atomic mass is 9.88. The van der Waals surface area contributed by atoms with E-state index in [1.807, 2.05) is 52.0 Å². The average molecular weight is 569 g/mol. The molecule has 2 amide bonds. The first-order chi connectivity index (χ1) is 18.8. The molecule has 4 rings (SSSR count). The van der Waals surface area contributed by atoms with Crippen molar-refractivity contribution < 1.29 is 19.4 Å².